The van der Waals surface area contributed by atoms with E-state index in [-0.39, 0.29) is 5.82 Å². The van der Waals surface area contributed by atoms with Crippen LogP contribution in [0.5, 0.6) is 5.75 Å². The molecule has 2 aromatic carbocycles. The summed E-state index contributed by atoms with van der Waals surface area (Å²) in [5, 5.41) is 0. The summed E-state index contributed by atoms with van der Waals surface area (Å²) in [6.07, 6.45) is 0. The number of nitrogens with zero attached hydrogens (tertiary/aromatic N) is 1. The first-order valence-corrected chi connectivity index (χ1v) is 6.78. The molecule has 0 N–H and O–H groups in total. The lowest BCUT2D eigenvalue weighted by atomic mass is 10.1. The molecule has 2 nitrogen and oxygen atoms in total. The van der Waals surface area contributed by atoms with Crippen LogP contribution in [0.4, 0.5) is 4.39 Å². The number of methoxy groups -OCH3 is 1. The average molecular weight is 281 g/mol. The van der Waals surface area contributed by atoms with Crippen LogP contribution in [0, 0.1) is 12.7 Å². The normalized spacial score (nSPS) is 10.6. The van der Waals surface area contributed by atoms with Crippen molar-refractivity contribution in [1.82, 2.24) is 4.57 Å². The molecule has 0 bridgehead atoms. The van der Waals surface area contributed by atoms with Crippen molar-refractivity contribution in [2.75, 3.05) is 7.11 Å². The van der Waals surface area contributed by atoms with Gasteiger partial charge in [0, 0.05) is 23.0 Å². The van der Waals surface area contributed by atoms with Gasteiger partial charge in [0.2, 0.25) is 0 Å². The molecule has 0 aliphatic heterocycles. The minimum absolute atomic E-state index is 0.222. The van der Waals surface area contributed by atoms with Crippen LogP contribution in [-0.4, -0.2) is 11.7 Å². The van der Waals surface area contributed by atoms with Crippen LogP contribution in [0.15, 0.2) is 60.7 Å². The monoisotopic (exact) mass is 281 g/mol. The molecule has 0 aliphatic carbocycles. The molecule has 0 unspecified atom stereocenters. The van der Waals surface area contributed by atoms with Crippen LogP contribution in [0.25, 0.3) is 16.9 Å². The van der Waals surface area contributed by atoms with Crippen molar-refractivity contribution in [2.45, 2.75) is 6.92 Å². The van der Waals surface area contributed by atoms with Gasteiger partial charge in [0.1, 0.15) is 11.6 Å². The van der Waals surface area contributed by atoms with E-state index < -0.39 is 0 Å². The lowest BCUT2D eigenvalue weighted by Crippen LogP contribution is -2.00. The SMILES string of the molecule is COc1cccc(-n2c(C)ccc2-c2ccccc2F)c1. The maximum Gasteiger partial charge on any atom is 0.132 e. The fraction of sp³-hybridized carbons (Fsp3) is 0.111. The Morgan fingerprint density at radius 2 is 1.76 bits per heavy atom. The molecule has 3 rings (SSSR count). The van der Waals surface area contributed by atoms with Gasteiger partial charge in [-0.15, -0.1) is 0 Å². The van der Waals surface area contributed by atoms with E-state index in [0.717, 1.165) is 22.8 Å². The van der Waals surface area contributed by atoms with Gasteiger partial charge in [-0.25, -0.2) is 4.39 Å². The maximum absolute atomic E-state index is 14.1. The highest BCUT2D eigenvalue weighted by molar-refractivity contribution is 5.65. The number of halogens is 1. The van der Waals surface area contributed by atoms with E-state index in [1.165, 1.54) is 6.07 Å². The van der Waals surface area contributed by atoms with Crippen LogP contribution < -0.4 is 4.74 Å². The van der Waals surface area contributed by atoms with E-state index in [1.54, 1.807) is 19.2 Å². The molecule has 0 spiro atoms. The summed E-state index contributed by atoms with van der Waals surface area (Å²) in [4.78, 5) is 0. The molecule has 0 saturated carbocycles. The van der Waals surface area contributed by atoms with Crippen LogP contribution >= 0.6 is 0 Å². The van der Waals surface area contributed by atoms with Gasteiger partial charge in [0.25, 0.3) is 0 Å². The zero-order chi connectivity index (χ0) is 14.8. The predicted molar refractivity (Wildman–Crippen MR) is 82.5 cm³/mol. The Morgan fingerprint density at radius 1 is 0.952 bits per heavy atom. The number of rotatable bonds is 3. The molecule has 1 heterocycles. The summed E-state index contributed by atoms with van der Waals surface area (Å²) >= 11 is 0. The van der Waals surface area contributed by atoms with E-state index >= 15 is 0 Å². The van der Waals surface area contributed by atoms with Crippen LogP contribution in [0.2, 0.25) is 0 Å². The Labute approximate surface area is 123 Å². The molecule has 1 aromatic heterocycles. The lowest BCUT2D eigenvalue weighted by molar-refractivity contribution is 0.414. The molecule has 0 fully saturated rings. The molecule has 106 valence electrons. The molecule has 0 aliphatic rings. The maximum atomic E-state index is 14.1. The first kappa shape index (κ1) is 13.4. The Morgan fingerprint density at radius 3 is 2.52 bits per heavy atom. The summed E-state index contributed by atoms with van der Waals surface area (Å²) in [6.45, 7) is 2.00. The van der Waals surface area contributed by atoms with Gasteiger partial charge in [-0.3, -0.25) is 0 Å². The van der Waals surface area contributed by atoms with Crippen molar-refractivity contribution in [1.29, 1.82) is 0 Å². The molecular weight excluding hydrogens is 265 g/mol. The number of hydrogen-bond donors (Lipinski definition) is 0. The largest absolute Gasteiger partial charge is 0.497 e. The minimum atomic E-state index is -0.222. The van der Waals surface area contributed by atoms with Gasteiger partial charge < -0.3 is 9.30 Å². The molecular formula is C18H16FNO. The summed E-state index contributed by atoms with van der Waals surface area (Å²) < 4.78 is 21.4. The van der Waals surface area contributed by atoms with E-state index in [0.29, 0.717) is 5.56 Å². The molecule has 0 radical (unpaired) electrons. The quantitative estimate of drug-likeness (QED) is 0.684. The van der Waals surface area contributed by atoms with Gasteiger partial charge in [0.05, 0.1) is 12.8 Å². The van der Waals surface area contributed by atoms with Crippen LogP contribution in [0.1, 0.15) is 5.69 Å². The molecule has 3 heteroatoms. The average Bonchev–Trinajstić information content (AvgIpc) is 2.89. The van der Waals surface area contributed by atoms with Crippen molar-refractivity contribution in [2.24, 2.45) is 0 Å². The van der Waals surface area contributed by atoms with Crippen molar-refractivity contribution < 1.29 is 9.13 Å². The Hall–Kier alpha value is -2.55. The second-order valence-electron chi connectivity index (χ2n) is 4.88. The first-order chi connectivity index (χ1) is 10.2. The van der Waals surface area contributed by atoms with Crippen LogP contribution in [0.3, 0.4) is 0 Å². The Balaban J connectivity index is 2.20. The third kappa shape index (κ3) is 2.42. The predicted octanol–water partition coefficient (Wildman–Crippen LogP) is 4.60. The van der Waals surface area contributed by atoms with Crippen molar-refractivity contribution in [3.63, 3.8) is 0 Å². The second-order valence-corrected chi connectivity index (χ2v) is 4.88. The van der Waals surface area contributed by atoms with Crippen LogP contribution in [-0.2, 0) is 0 Å². The summed E-state index contributed by atoms with van der Waals surface area (Å²) in [6, 6.07) is 18.5. The molecule has 21 heavy (non-hydrogen) atoms. The first-order valence-electron chi connectivity index (χ1n) is 6.78. The van der Waals surface area contributed by atoms with Gasteiger partial charge in [-0.2, -0.15) is 0 Å². The summed E-state index contributed by atoms with van der Waals surface area (Å²) in [5.41, 5.74) is 3.42. The smallest absolute Gasteiger partial charge is 0.132 e. The van der Waals surface area contributed by atoms with Crippen molar-refractivity contribution in [3.05, 3.63) is 72.2 Å². The number of benzene rings is 2. The topological polar surface area (TPSA) is 14.2 Å². The number of aromatic nitrogens is 1. The third-order valence-corrected chi connectivity index (χ3v) is 3.54. The minimum Gasteiger partial charge on any atom is -0.497 e. The molecule has 0 atom stereocenters. The molecule has 0 amide bonds. The van der Waals surface area contributed by atoms with Crippen molar-refractivity contribution >= 4 is 0 Å². The number of hydrogen-bond acceptors (Lipinski definition) is 1. The van der Waals surface area contributed by atoms with Crippen molar-refractivity contribution in [3.8, 4) is 22.7 Å². The zero-order valence-corrected chi connectivity index (χ0v) is 12.0. The Bertz CT molecular complexity index is 776. The summed E-state index contributed by atoms with van der Waals surface area (Å²) in [7, 11) is 1.64. The Kier molecular flexibility index (Phi) is 3.48. The van der Waals surface area contributed by atoms with Gasteiger partial charge in [0.15, 0.2) is 0 Å². The molecule has 0 saturated heterocycles. The van der Waals surface area contributed by atoms with Gasteiger partial charge >= 0.3 is 0 Å². The molecule has 3 aromatic rings. The lowest BCUT2D eigenvalue weighted by Gasteiger charge is -2.13. The van der Waals surface area contributed by atoms with Gasteiger partial charge in [-0.05, 0) is 43.3 Å². The number of aryl methyl sites for hydroxylation is 1. The van der Waals surface area contributed by atoms with E-state index in [9.17, 15) is 4.39 Å². The zero-order valence-electron chi connectivity index (χ0n) is 12.0. The highest BCUT2D eigenvalue weighted by atomic mass is 19.1. The fourth-order valence-electron chi connectivity index (χ4n) is 2.51. The fourth-order valence-corrected chi connectivity index (χ4v) is 2.51. The highest BCUT2D eigenvalue weighted by Gasteiger charge is 2.13. The third-order valence-electron chi connectivity index (χ3n) is 3.54. The van der Waals surface area contributed by atoms with E-state index in [4.69, 9.17) is 4.74 Å². The van der Waals surface area contributed by atoms with E-state index in [2.05, 4.69) is 0 Å². The standard InChI is InChI=1S/C18H16FNO/c1-13-10-11-18(16-8-3-4-9-17(16)19)20(13)14-6-5-7-15(12-14)21-2/h3-12H,1-2H3. The van der Waals surface area contributed by atoms with E-state index in [1.807, 2.05) is 54.0 Å². The number of ether oxygens (including phenoxy) is 1. The second kappa shape index (κ2) is 5.44. The van der Waals surface area contributed by atoms with Gasteiger partial charge in [-0.1, -0.05) is 18.2 Å². The summed E-state index contributed by atoms with van der Waals surface area (Å²) in [5.74, 6) is 0.555. The highest BCUT2D eigenvalue weighted by Crippen LogP contribution is 2.29.